The molecule has 1 aromatic heterocycles. The van der Waals surface area contributed by atoms with Gasteiger partial charge in [-0.1, -0.05) is 6.07 Å². The van der Waals surface area contributed by atoms with Crippen molar-refractivity contribution in [2.24, 2.45) is 0 Å². The molecular formula is C21H26F3N7O. The molecule has 2 fully saturated rings. The van der Waals surface area contributed by atoms with E-state index in [1.165, 1.54) is 12.1 Å². The van der Waals surface area contributed by atoms with E-state index in [1.807, 2.05) is 11.8 Å². The molecule has 0 bridgehead atoms. The van der Waals surface area contributed by atoms with Crippen LogP contribution in [0.5, 0.6) is 0 Å². The molecule has 11 heteroatoms. The number of aromatic nitrogens is 2. The SMILES string of the molecule is CC1(O)CCN(C2CN(c3nc(N)nc(Nc4cccc(C(F)(F)F)c4)c3C=N)C2)CC1. The number of nitrogens with two attached hydrogens (primary N) is 1. The van der Waals surface area contributed by atoms with Crippen LogP contribution in [0, 0.1) is 5.41 Å². The fourth-order valence-corrected chi connectivity index (χ4v) is 4.08. The summed E-state index contributed by atoms with van der Waals surface area (Å²) in [5.74, 6) is 0.624. The highest BCUT2D eigenvalue weighted by atomic mass is 19.4. The fourth-order valence-electron chi connectivity index (χ4n) is 4.08. The summed E-state index contributed by atoms with van der Waals surface area (Å²) in [6.07, 6.45) is -1.94. The van der Waals surface area contributed by atoms with Crippen molar-refractivity contribution in [1.29, 1.82) is 5.41 Å². The summed E-state index contributed by atoms with van der Waals surface area (Å²) in [4.78, 5) is 12.7. The number of hydrogen-bond acceptors (Lipinski definition) is 8. The molecule has 4 rings (SSSR count). The zero-order valence-corrected chi connectivity index (χ0v) is 17.7. The van der Waals surface area contributed by atoms with Crippen molar-refractivity contribution in [3.63, 3.8) is 0 Å². The summed E-state index contributed by atoms with van der Waals surface area (Å²) in [5.41, 5.74) is 5.03. The standard InChI is InChI=1S/C21H26F3N7O/c1-20(32)5-7-30(8-6-20)15-11-31(12-15)18-16(10-25)17(28-19(26)29-18)27-14-4-2-3-13(9-14)21(22,23)24/h2-4,9-10,15,25,32H,5-8,11-12H2,1H3,(H3,26,27,28,29). The van der Waals surface area contributed by atoms with Gasteiger partial charge in [0.2, 0.25) is 5.95 Å². The van der Waals surface area contributed by atoms with Gasteiger partial charge in [-0.2, -0.15) is 23.1 Å². The number of nitrogen functional groups attached to an aromatic ring is 1. The van der Waals surface area contributed by atoms with Gasteiger partial charge < -0.3 is 26.5 Å². The van der Waals surface area contributed by atoms with Crippen LogP contribution in [0.15, 0.2) is 24.3 Å². The lowest BCUT2D eigenvalue weighted by Gasteiger charge is -2.49. The number of benzene rings is 1. The van der Waals surface area contributed by atoms with Gasteiger partial charge in [0.05, 0.1) is 16.7 Å². The van der Waals surface area contributed by atoms with Crippen molar-refractivity contribution in [2.75, 3.05) is 42.1 Å². The molecule has 8 nitrogen and oxygen atoms in total. The maximum Gasteiger partial charge on any atom is 0.416 e. The van der Waals surface area contributed by atoms with Crippen molar-refractivity contribution in [2.45, 2.75) is 37.6 Å². The van der Waals surface area contributed by atoms with Crippen LogP contribution in [0.1, 0.15) is 30.9 Å². The summed E-state index contributed by atoms with van der Waals surface area (Å²) >= 11 is 0. The Hall–Kier alpha value is -2.92. The van der Waals surface area contributed by atoms with Gasteiger partial charge in [0.1, 0.15) is 11.6 Å². The maximum atomic E-state index is 13.0. The fraction of sp³-hybridized carbons (Fsp3) is 0.476. The van der Waals surface area contributed by atoms with E-state index in [9.17, 15) is 18.3 Å². The van der Waals surface area contributed by atoms with Crippen molar-refractivity contribution < 1.29 is 18.3 Å². The summed E-state index contributed by atoms with van der Waals surface area (Å²) in [5, 5.41) is 20.9. The van der Waals surface area contributed by atoms with Gasteiger partial charge in [-0.15, -0.1) is 0 Å². The van der Waals surface area contributed by atoms with Crippen LogP contribution in [0.25, 0.3) is 0 Å². The molecule has 0 atom stereocenters. The summed E-state index contributed by atoms with van der Waals surface area (Å²) in [7, 11) is 0. The van der Waals surface area contributed by atoms with E-state index >= 15 is 0 Å². The molecule has 0 unspecified atom stereocenters. The molecule has 1 aromatic carbocycles. The van der Waals surface area contributed by atoms with E-state index < -0.39 is 17.3 Å². The smallest absolute Gasteiger partial charge is 0.390 e. The quantitative estimate of drug-likeness (QED) is 0.519. The highest BCUT2D eigenvalue weighted by molar-refractivity contribution is 5.93. The summed E-state index contributed by atoms with van der Waals surface area (Å²) < 4.78 is 39.1. The Morgan fingerprint density at radius 3 is 2.56 bits per heavy atom. The van der Waals surface area contributed by atoms with Crippen LogP contribution < -0.4 is 16.0 Å². The third-order valence-electron chi connectivity index (χ3n) is 6.09. The lowest BCUT2D eigenvalue weighted by molar-refractivity contribution is -0.137. The number of hydrogen-bond donors (Lipinski definition) is 4. The topological polar surface area (TPSA) is 114 Å². The van der Waals surface area contributed by atoms with E-state index in [0.717, 1.165) is 44.3 Å². The molecule has 2 aliphatic heterocycles. The Labute approximate surface area is 183 Å². The summed E-state index contributed by atoms with van der Waals surface area (Å²) in [6, 6.07) is 5.07. The minimum Gasteiger partial charge on any atom is -0.390 e. The molecule has 0 radical (unpaired) electrons. The molecule has 172 valence electrons. The largest absolute Gasteiger partial charge is 0.416 e. The van der Waals surface area contributed by atoms with Crippen LogP contribution in [-0.4, -0.2) is 64.0 Å². The van der Waals surface area contributed by atoms with Gasteiger partial charge >= 0.3 is 6.18 Å². The predicted molar refractivity (Wildman–Crippen MR) is 116 cm³/mol. The number of piperidine rings is 1. The van der Waals surface area contributed by atoms with Gasteiger partial charge in [0, 0.05) is 44.1 Å². The number of rotatable bonds is 5. The first kappa shape index (κ1) is 22.3. The van der Waals surface area contributed by atoms with Crippen molar-refractivity contribution in [3.05, 3.63) is 35.4 Å². The van der Waals surface area contributed by atoms with E-state index in [0.29, 0.717) is 30.5 Å². The van der Waals surface area contributed by atoms with Gasteiger partial charge in [-0.3, -0.25) is 4.90 Å². The van der Waals surface area contributed by atoms with Crippen LogP contribution in [0.2, 0.25) is 0 Å². The number of anilines is 4. The van der Waals surface area contributed by atoms with Gasteiger partial charge in [-0.05, 0) is 38.0 Å². The second-order valence-electron chi connectivity index (χ2n) is 8.61. The first-order chi connectivity index (χ1) is 15.1. The molecule has 0 spiro atoms. The Morgan fingerprint density at radius 1 is 1.25 bits per heavy atom. The number of alkyl halides is 3. The van der Waals surface area contributed by atoms with Gasteiger partial charge in [0.25, 0.3) is 0 Å². The Bertz CT molecular complexity index is 995. The average Bonchev–Trinajstić information content (AvgIpc) is 2.67. The highest BCUT2D eigenvalue weighted by Gasteiger charge is 2.38. The summed E-state index contributed by atoms with van der Waals surface area (Å²) in [6.45, 7) is 4.86. The van der Waals surface area contributed by atoms with Crippen molar-refractivity contribution >= 4 is 29.5 Å². The molecule has 2 aromatic rings. The van der Waals surface area contributed by atoms with Crippen LogP contribution >= 0.6 is 0 Å². The van der Waals surface area contributed by atoms with Gasteiger partial charge in [0.15, 0.2) is 0 Å². The molecule has 2 aliphatic rings. The van der Waals surface area contributed by atoms with Crippen LogP contribution in [0.4, 0.5) is 36.4 Å². The first-order valence-corrected chi connectivity index (χ1v) is 10.4. The average molecular weight is 449 g/mol. The lowest BCUT2D eigenvalue weighted by atomic mass is 9.91. The zero-order chi connectivity index (χ0) is 23.1. The van der Waals surface area contributed by atoms with E-state index in [4.69, 9.17) is 11.1 Å². The number of halogens is 3. The molecule has 3 heterocycles. The molecular weight excluding hydrogens is 423 g/mol. The maximum absolute atomic E-state index is 13.0. The number of nitrogens with one attached hydrogen (secondary N) is 2. The third-order valence-corrected chi connectivity index (χ3v) is 6.09. The molecule has 32 heavy (non-hydrogen) atoms. The highest BCUT2D eigenvalue weighted by Crippen LogP contribution is 2.34. The molecule has 0 aliphatic carbocycles. The van der Waals surface area contributed by atoms with Crippen molar-refractivity contribution in [1.82, 2.24) is 14.9 Å². The van der Waals surface area contributed by atoms with E-state index in [-0.39, 0.29) is 17.5 Å². The number of nitrogens with zero attached hydrogens (tertiary/aromatic N) is 4. The Balaban J connectivity index is 1.51. The van der Waals surface area contributed by atoms with Crippen molar-refractivity contribution in [3.8, 4) is 0 Å². The molecule has 2 saturated heterocycles. The third kappa shape index (κ3) is 4.63. The van der Waals surface area contributed by atoms with Crippen LogP contribution in [0.3, 0.4) is 0 Å². The minimum atomic E-state index is -4.47. The molecule has 5 N–H and O–H groups in total. The Morgan fingerprint density at radius 2 is 1.94 bits per heavy atom. The second kappa shape index (κ2) is 8.21. The van der Waals surface area contributed by atoms with Crippen LogP contribution in [-0.2, 0) is 6.18 Å². The normalized spacial score (nSPS) is 19.5. The monoisotopic (exact) mass is 449 g/mol. The second-order valence-corrected chi connectivity index (χ2v) is 8.61. The van der Waals surface area contributed by atoms with E-state index in [1.54, 1.807) is 0 Å². The zero-order valence-electron chi connectivity index (χ0n) is 17.7. The Kier molecular flexibility index (Phi) is 5.72. The van der Waals surface area contributed by atoms with Gasteiger partial charge in [-0.25, -0.2) is 0 Å². The van der Waals surface area contributed by atoms with E-state index in [2.05, 4.69) is 20.2 Å². The molecule has 0 saturated carbocycles. The lowest BCUT2D eigenvalue weighted by Crippen LogP contribution is -2.62. The predicted octanol–water partition coefficient (Wildman–Crippen LogP) is 2.85. The minimum absolute atomic E-state index is 0.0301. The molecule has 0 amide bonds. The number of aliphatic hydroxyl groups is 1. The first-order valence-electron chi connectivity index (χ1n) is 10.4. The number of likely N-dealkylation sites (tertiary alicyclic amines) is 1.